The molecule has 0 spiro atoms. The first-order chi connectivity index (χ1) is 16.6. The number of benzene rings is 2. The van der Waals surface area contributed by atoms with Gasteiger partial charge in [0.2, 0.25) is 5.91 Å². The van der Waals surface area contributed by atoms with E-state index in [1.54, 1.807) is 20.8 Å². The van der Waals surface area contributed by atoms with Crippen LogP contribution >= 0.6 is 11.6 Å². The van der Waals surface area contributed by atoms with Crippen molar-refractivity contribution in [2.75, 3.05) is 13.1 Å². The van der Waals surface area contributed by atoms with Gasteiger partial charge >= 0.3 is 6.09 Å². The number of ether oxygens (including phenoxy) is 2. The SMILES string of the molecule is C[C@@H](OCc1ccccc1)[C@H](NC(=O)OC(C)(C)C)C(=O)N1CCC(Cc2ccc(Cl)cc2)CC1. The van der Waals surface area contributed by atoms with E-state index < -0.39 is 23.8 Å². The van der Waals surface area contributed by atoms with E-state index in [2.05, 4.69) is 17.4 Å². The molecule has 2 atom stereocenters. The Kier molecular flexibility index (Phi) is 9.58. The van der Waals surface area contributed by atoms with Gasteiger partial charge in [-0.05, 0) is 76.1 Å². The third kappa shape index (κ3) is 8.86. The Morgan fingerprint density at radius 2 is 1.66 bits per heavy atom. The lowest BCUT2D eigenvalue weighted by molar-refractivity contribution is -0.139. The molecule has 6 nitrogen and oxygen atoms in total. The molecule has 0 aromatic heterocycles. The zero-order valence-corrected chi connectivity index (χ0v) is 21.9. The Hall–Kier alpha value is -2.57. The minimum atomic E-state index is -0.832. The molecule has 0 bridgehead atoms. The molecule has 1 N–H and O–H groups in total. The van der Waals surface area contributed by atoms with Crippen molar-refractivity contribution in [1.82, 2.24) is 10.2 Å². The highest BCUT2D eigenvalue weighted by atomic mass is 35.5. The fraction of sp³-hybridized carbons (Fsp3) is 0.500. The van der Waals surface area contributed by atoms with Crippen molar-refractivity contribution in [2.24, 2.45) is 5.92 Å². The van der Waals surface area contributed by atoms with Gasteiger partial charge in [0.1, 0.15) is 11.6 Å². The van der Waals surface area contributed by atoms with Gasteiger partial charge in [0.05, 0.1) is 12.7 Å². The van der Waals surface area contributed by atoms with Crippen LogP contribution < -0.4 is 5.32 Å². The number of hydrogen-bond donors (Lipinski definition) is 1. The van der Waals surface area contributed by atoms with Crippen LogP contribution in [0.5, 0.6) is 0 Å². The van der Waals surface area contributed by atoms with Crippen molar-refractivity contribution < 1.29 is 19.1 Å². The fourth-order valence-electron chi connectivity index (χ4n) is 4.22. The highest BCUT2D eigenvalue weighted by Gasteiger charge is 2.34. The largest absolute Gasteiger partial charge is 0.444 e. The normalized spacial score (nSPS) is 16.4. The summed E-state index contributed by atoms with van der Waals surface area (Å²) in [4.78, 5) is 27.9. The number of carbonyl (C=O) groups excluding carboxylic acids is 2. The molecule has 0 saturated carbocycles. The van der Waals surface area contributed by atoms with Crippen LogP contribution in [0, 0.1) is 5.92 Å². The van der Waals surface area contributed by atoms with E-state index >= 15 is 0 Å². The van der Waals surface area contributed by atoms with Gasteiger partial charge in [-0.3, -0.25) is 4.79 Å². The first-order valence-electron chi connectivity index (χ1n) is 12.3. The number of rotatable bonds is 8. The summed E-state index contributed by atoms with van der Waals surface area (Å²) < 4.78 is 11.4. The summed E-state index contributed by atoms with van der Waals surface area (Å²) in [5.74, 6) is 0.366. The summed E-state index contributed by atoms with van der Waals surface area (Å²) in [6, 6.07) is 16.9. The van der Waals surface area contributed by atoms with E-state index in [0.29, 0.717) is 25.6 Å². The van der Waals surface area contributed by atoms with Crippen LogP contribution in [-0.2, 0) is 27.3 Å². The van der Waals surface area contributed by atoms with Crippen LogP contribution in [0.3, 0.4) is 0 Å². The number of piperidine rings is 1. The molecular formula is C28H37ClN2O4. The summed E-state index contributed by atoms with van der Waals surface area (Å²) in [5, 5.41) is 3.51. The number of alkyl carbamates (subject to hydrolysis) is 1. The van der Waals surface area contributed by atoms with E-state index in [4.69, 9.17) is 21.1 Å². The number of nitrogens with zero attached hydrogens (tertiary/aromatic N) is 1. The Balaban J connectivity index is 1.61. The molecule has 0 radical (unpaired) electrons. The second kappa shape index (κ2) is 12.4. The zero-order chi connectivity index (χ0) is 25.4. The molecule has 2 aromatic rings. The van der Waals surface area contributed by atoms with Crippen molar-refractivity contribution in [1.29, 1.82) is 0 Å². The summed E-state index contributed by atoms with van der Waals surface area (Å²) in [6.45, 7) is 8.85. The van der Waals surface area contributed by atoms with Crippen molar-refractivity contribution in [3.63, 3.8) is 0 Å². The number of hydrogen-bond acceptors (Lipinski definition) is 4. The average molecular weight is 501 g/mol. The molecule has 0 unspecified atom stereocenters. The van der Waals surface area contributed by atoms with Gasteiger partial charge < -0.3 is 19.7 Å². The standard InChI is InChI=1S/C28H37ClN2O4/c1-20(34-19-23-8-6-5-7-9-23)25(30-27(33)35-28(2,3)4)26(32)31-16-14-22(15-17-31)18-21-10-12-24(29)13-11-21/h5-13,20,22,25H,14-19H2,1-4H3,(H,30,33)/t20-,25+/m1/s1. The maximum atomic E-state index is 13.5. The van der Waals surface area contributed by atoms with Crippen LogP contribution in [0.4, 0.5) is 4.79 Å². The van der Waals surface area contributed by atoms with E-state index in [1.165, 1.54) is 5.56 Å². The number of amides is 2. The van der Waals surface area contributed by atoms with E-state index in [1.807, 2.05) is 54.3 Å². The monoisotopic (exact) mass is 500 g/mol. The summed E-state index contributed by atoms with van der Waals surface area (Å²) in [7, 11) is 0. The van der Waals surface area contributed by atoms with E-state index in [0.717, 1.165) is 29.8 Å². The molecule has 1 aliphatic heterocycles. The Morgan fingerprint density at radius 1 is 1.03 bits per heavy atom. The lowest BCUT2D eigenvalue weighted by Gasteiger charge is -2.36. The molecule has 2 aromatic carbocycles. The van der Waals surface area contributed by atoms with Gasteiger partial charge in [0, 0.05) is 18.1 Å². The molecule has 190 valence electrons. The van der Waals surface area contributed by atoms with Crippen LogP contribution in [0.15, 0.2) is 54.6 Å². The minimum Gasteiger partial charge on any atom is -0.444 e. The lowest BCUT2D eigenvalue weighted by Crippen LogP contribution is -2.56. The van der Waals surface area contributed by atoms with Crippen LogP contribution in [0.2, 0.25) is 5.02 Å². The predicted molar refractivity (Wildman–Crippen MR) is 138 cm³/mol. The number of nitrogens with one attached hydrogen (secondary N) is 1. The molecule has 1 heterocycles. The predicted octanol–water partition coefficient (Wildman–Crippen LogP) is 5.62. The van der Waals surface area contributed by atoms with Crippen molar-refractivity contribution in [2.45, 2.75) is 71.3 Å². The highest BCUT2D eigenvalue weighted by molar-refractivity contribution is 6.30. The van der Waals surface area contributed by atoms with Crippen molar-refractivity contribution in [3.8, 4) is 0 Å². The lowest BCUT2D eigenvalue weighted by atomic mass is 9.90. The van der Waals surface area contributed by atoms with Crippen molar-refractivity contribution in [3.05, 3.63) is 70.7 Å². The first kappa shape index (κ1) is 27.0. The number of likely N-dealkylation sites (tertiary alicyclic amines) is 1. The maximum Gasteiger partial charge on any atom is 0.408 e. The van der Waals surface area contributed by atoms with Gasteiger partial charge in [-0.15, -0.1) is 0 Å². The summed E-state index contributed by atoms with van der Waals surface area (Å²) >= 11 is 6.00. The molecule has 3 rings (SSSR count). The molecular weight excluding hydrogens is 464 g/mol. The second-order valence-electron chi connectivity index (χ2n) is 10.2. The fourth-order valence-corrected chi connectivity index (χ4v) is 4.35. The van der Waals surface area contributed by atoms with Gasteiger partial charge in [0.25, 0.3) is 0 Å². The minimum absolute atomic E-state index is 0.138. The third-order valence-corrected chi connectivity index (χ3v) is 6.38. The molecule has 35 heavy (non-hydrogen) atoms. The number of carbonyl (C=O) groups is 2. The smallest absolute Gasteiger partial charge is 0.408 e. The van der Waals surface area contributed by atoms with Gasteiger partial charge in [-0.1, -0.05) is 54.1 Å². The molecule has 2 amide bonds. The van der Waals surface area contributed by atoms with Gasteiger partial charge in [-0.2, -0.15) is 0 Å². The molecule has 1 fully saturated rings. The molecule has 7 heteroatoms. The topological polar surface area (TPSA) is 67.9 Å². The Bertz CT molecular complexity index is 951. The molecule has 1 saturated heterocycles. The summed E-state index contributed by atoms with van der Waals surface area (Å²) in [5.41, 5.74) is 1.60. The van der Waals surface area contributed by atoms with Crippen LogP contribution in [0.25, 0.3) is 0 Å². The van der Waals surface area contributed by atoms with Crippen molar-refractivity contribution >= 4 is 23.6 Å². The Labute approximate surface area is 213 Å². The Morgan fingerprint density at radius 3 is 2.26 bits per heavy atom. The van der Waals surface area contributed by atoms with Crippen LogP contribution in [-0.4, -0.2) is 47.7 Å². The van der Waals surface area contributed by atoms with Crippen LogP contribution in [0.1, 0.15) is 51.7 Å². The van der Waals surface area contributed by atoms with E-state index in [9.17, 15) is 9.59 Å². The number of halogens is 1. The second-order valence-corrected chi connectivity index (χ2v) is 10.7. The zero-order valence-electron chi connectivity index (χ0n) is 21.1. The van der Waals surface area contributed by atoms with Gasteiger partial charge in [-0.25, -0.2) is 4.79 Å². The molecule has 0 aliphatic carbocycles. The van der Waals surface area contributed by atoms with Gasteiger partial charge in [0.15, 0.2) is 0 Å². The first-order valence-corrected chi connectivity index (χ1v) is 12.7. The summed E-state index contributed by atoms with van der Waals surface area (Å²) in [6.07, 6.45) is 1.64. The van der Waals surface area contributed by atoms with E-state index in [-0.39, 0.29) is 5.91 Å². The third-order valence-electron chi connectivity index (χ3n) is 6.13. The quantitative estimate of drug-likeness (QED) is 0.510. The molecule has 1 aliphatic rings. The maximum absolute atomic E-state index is 13.5. The average Bonchev–Trinajstić information content (AvgIpc) is 2.82. The highest BCUT2D eigenvalue weighted by Crippen LogP contribution is 2.24.